The Balaban J connectivity index is 2.93. The molecule has 1 aliphatic rings. The van der Waals surface area contributed by atoms with E-state index in [2.05, 4.69) is 19.2 Å². The zero-order valence-electron chi connectivity index (χ0n) is 8.79. The van der Waals surface area contributed by atoms with Gasteiger partial charge in [-0.2, -0.15) is 0 Å². The predicted molar refractivity (Wildman–Crippen MR) is 54.5 cm³/mol. The van der Waals surface area contributed by atoms with Crippen LogP contribution in [-0.2, 0) is 9.84 Å². The Hall–Kier alpha value is -0.0900. The topological polar surface area (TPSA) is 46.2 Å². The summed E-state index contributed by atoms with van der Waals surface area (Å²) in [5.41, 5.74) is 0.0997. The van der Waals surface area contributed by atoms with E-state index in [1.807, 2.05) is 7.05 Å². The fourth-order valence-corrected chi connectivity index (χ4v) is 3.92. The maximum absolute atomic E-state index is 11.5. The average molecular weight is 205 g/mol. The molecule has 0 amide bonds. The van der Waals surface area contributed by atoms with Crippen molar-refractivity contribution in [2.75, 3.05) is 13.3 Å². The van der Waals surface area contributed by atoms with Gasteiger partial charge in [-0.25, -0.2) is 8.42 Å². The van der Waals surface area contributed by atoms with Gasteiger partial charge in [-0.15, -0.1) is 0 Å². The van der Waals surface area contributed by atoms with Gasteiger partial charge in [-0.05, 0) is 25.3 Å². The summed E-state index contributed by atoms with van der Waals surface area (Å²) in [4.78, 5) is 0. The van der Waals surface area contributed by atoms with Crippen molar-refractivity contribution >= 4 is 9.84 Å². The molecule has 1 N–H and O–H groups in total. The van der Waals surface area contributed by atoms with E-state index in [1.54, 1.807) is 0 Å². The summed E-state index contributed by atoms with van der Waals surface area (Å²) in [6.45, 7) is 4.25. The largest absolute Gasteiger partial charge is 0.315 e. The second-order valence-electron chi connectivity index (χ2n) is 4.66. The molecule has 0 aliphatic heterocycles. The van der Waals surface area contributed by atoms with Gasteiger partial charge >= 0.3 is 0 Å². The Bertz CT molecular complexity index is 282. The van der Waals surface area contributed by atoms with Gasteiger partial charge in [0.2, 0.25) is 0 Å². The Morgan fingerprint density at radius 3 is 2.23 bits per heavy atom. The molecule has 4 heteroatoms. The standard InChI is InChI=1S/C9H19NO2S/c1-9(2)6-5-7(8(9)10-3)13(4,11)12/h7-8,10H,5-6H2,1-4H3. The lowest BCUT2D eigenvalue weighted by Crippen LogP contribution is -2.45. The van der Waals surface area contributed by atoms with Gasteiger partial charge < -0.3 is 5.32 Å². The van der Waals surface area contributed by atoms with Gasteiger partial charge in [-0.3, -0.25) is 0 Å². The lowest BCUT2D eigenvalue weighted by molar-refractivity contribution is 0.297. The molecule has 0 bridgehead atoms. The molecule has 0 spiro atoms. The normalized spacial score (nSPS) is 33.5. The summed E-state index contributed by atoms with van der Waals surface area (Å²) < 4.78 is 22.9. The molecular weight excluding hydrogens is 186 g/mol. The summed E-state index contributed by atoms with van der Waals surface area (Å²) in [5, 5.41) is 2.93. The fraction of sp³-hybridized carbons (Fsp3) is 1.00. The van der Waals surface area contributed by atoms with E-state index in [0.29, 0.717) is 0 Å². The maximum Gasteiger partial charge on any atom is 0.151 e. The van der Waals surface area contributed by atoms with E-state index in [0.717, 1.165) is 12.8 Å². The van der Waals surface area contributed by atoms with Crippen LogP contribution in [-0.4, -0.2) is 33.0 Å². The first kappa shape index (κ1) is 11.0. The summed E-state index contributed by atoms with van der Waals surface area (Å²) >= 11 is 0. The molecule has 1 rings (SSSR count). The summed E-state index contributed by atoms with van der Waals surface area (Å²) in [6.07, 6.45) is 3.11. The van der Waals surface area contributed by atoms with Crippen LogP contribution in [0.1, 0.15) is 26.7 Å². The third-order valence-corrected chi connectivity index (χ3v) is 4.76. The number of hydrogen-bond acceptors (Lipinski definition) is 3. The van der Waals surface area contributed by atoms with Crippen molar-refractivity contribution in [3.8, 4) is 0 Å². The zero-order valence-corrected chi connectivity index (χ0v) is 9.61. The number of sulfone groups is 1. The second-order valence-corrected chi connectivity index (χ2v) is 6.93. The van der Waals surface area contributed by atoms with Gasteiger partial charge in [0.1, 0.15) is 0 Å². The fourth-order valence-electron chi connectivity index (χ4n) is 2.38. The summed E-state index contributed by atoms with van der Waals surface area (Å²) in [5.74, 6) is 0. The SMILES string of the molecule is CNC1C(S(C)(=O)=O)CCC1(C)C. The highest BCUT2D eigenvalue weighted by atomic mass is 32.2. The third-order valence-electron chi connectivity index (χ3n) is 3.15. The predicted octanol–water partition coefficient (Wildman–Crippen LogP) is 0.808. The minimum absolute atomic E-state index is 0.0995. The van der Waals surface area contributed by atoms with Crippen LogP contribution in [0.4, 0.5) is 0 Å². The minimum atomic E-state index is -2.90. The Morgan fingerprint density at radius 1 is 1.38 bits per heavy atom. The first-order chi connectivity index (χ1) is 5.79. The Morgan fingerprint density at radius 2 is 1.92 bits per heavy atom. The Kier molecular flexibility index (Phi) is 2.74. The van der Waals surface area contributed by atoms with Crippen LogP contribution in [0, 0.1) is 5.41 Å². The highest BCUT2D eigenvalue weighted by Gasteiger charge is 2.45. The van der Waals surface area contributed by atoms with Crippen molar-refractivity contribution in [3.05, 3.63) is 0 Å². The van der Waals surface area contributed by atoms with Gasteiger partial charge in [0.15, 0.2) is 9.84 Å². The van der Waals surface area contributed by atoms with Gasteiger partial charge in [0.25, 0.3) is 0 Å². The van der Waals surface area contributed by atoms with Crippen LogP contribution < -0.4 is 5.32 Å². The smallest absolute Gasteiger partial charge is 0.151 e. The monoisotopic (exact) mass is 205 g/mol. The molecule has 78 valence electrons. The molecule has 0 aromatic rings. The van der Waals surface area contributed by atoms with E-state index in [4.69, 9.17) is 0 Å². The highest BCUT2D eigenvalue weighted by molar-refractivity contribution is 7.91. The van der Waals surface area contributed by atoms with Gasteiger partial charge in [-0.1, -0.05) is 13.8 Å². The van der Waals surface area contributed by atoms with Crippen molar-refractivity contribution < 1.29 is 8.42 Å². The molecule has 0 radical (unpaired) electrons. The second kappa shape index (κ2) is 3.24. The van der Waals surface area contributed by atoms with E-state index in [-0.39, 0.29) is 16.7 Å². The number of hydrogen-bond donors (Lipinski definition) is 1. The summed E-state index contributed by atoms with van der Waals surface area (Å²) in [7, 11) is -1.05. The van der Waals surface area contributed by atoms with Gasteiger partial charge in [0.05, 0.1) is 5.25 Å². The first-order valence-electron chi connectivity index (χ1n) is 4.65. The van der Waals surface area contributed by atoms with Gasteiger partial charge in [0, 0.05) is 12.3 Å². The number of nitrogens with one attached hydrogen (secondary N) is 1. The Labute approximate surface area is 80.8 Å². The molecule has 2 unspecified atom stereocenters. The molecular formula is C9H19NO2S. The van der Waals surface area contributed by atoms with Crippen LogP contribution in [0.2, 0.25) is 0 Å². The maximum atomic E-state index is 11.5. The van der Waals surface area contributed by atoms with Crippen molar-refractivity contribution in [3.63, 3.8) is 0 Å². The van der Waals surface area contributed by atoms with E-state index in [9.17, 15) is 8.42 Å². The molecule has 3 nitrogen and oxygen atoms in total. The van der Waals surface area contributed by atoms with Crippen molar-refractivity contribution in [2.45, 2.75) is 38.0 Å². The third kappa shape index (κ3) is 2.05. The molecule has 1 saturated carbocycles. The molecule has 1 fully saturated rings. The van der Waals surface area contributed by atoms with Crippen molar-refractivity contribution in [1.29, 1.82) is 0 Å². The average Bonchev–Trinajstić information content (AvgIpc) is 2.23. The van der Waals surface area contributed by atoms with Crippen molar-refractivity contribution in [2.24, 2.45) is 5.41 Å². The van der Waals surface area contributed by atoms with Crippen LogP contribution in [0.3, 0.4) is 0 Å². The minimum Gasteiger partial charge on any atom is -0.315 e. The molecule has 13 heavy (non-hydrogen) atoms. The van der Waals surface area contributed by atoms with Crippen molar-refractivity contribution in [1.82, 2.24) is 5.32 Å². The summed E-state index contributed by atoms with van der Waals surface area (Å²) in [6, 6.07) is 0.0995. The van der Waals surface area contributed by atoms with Crippen LogP contribution in [0.5, 0.6) is 0 Å². The molecule has 2 atom stereocenters. The molecule has 0 aromatic carbocycles. The molecule has 1 aliphatic carbocycles. The highest BCUT2D eigenvalue weighted by Crippen LogP contribution is 2.40. The molecule has 0 saturated heterocycles. The van der Waals surface area contributed by atoms with E-state index < -0.39 is 9.84 Å². The quantitative estimate of drug-likeness (QED) is 0.725. The first-order valence-corrected chi connectivity index (χ1v) is 6.60. The number of rotatable bonds is 2. The van der Waals surface area contributed by atoms with Crippen LogP contribution in [0.15, 0.2) is 0 Å². The van der Waals surface area contributed by atoms with Crippen LogP contribution in [0.25, 0.3) is 0 Å². The van der Waals surface area contributed by atoms with Crippen LogP contribution >= 0.6 is 0 Å². The van der Waals surface area contributed by atoms with E-state index in [1.165, 1.54) is 6.26 Å². The lowest BCUT2D eigenvalue weighted by Gasteiger charge is -2.29. The molecule has 0 heterocycles. The molecule has 0 aromatic heterocycles. The zero-order chi connectivity index (χ0) is 10.3. The van der Waals surface area contributed by atoms with E-state index >= 15 is 0 Å². The lowest BCUT2D eigenvalue weighted by atomic mass is 9.87.